The Labute approximate surface area is 200 Å². The van der Waals surface area contributed by atoms with E-state index < -0.39 is 17.1 Å². The van der Waals surface area contributed by atoms with E-state index >= 15 is 0 Å². The van der Waals surface area contributed by atoms with E-state index in [0.717, 1.165) is 18.4 Å². The minimum Gasteiger partial charge on any atom is -0.358 e. The topological polar surface area (TPSA) is 113 Å². The summed E-state index contributed by atoms with van der Waals surface area (Å²) in [5.74, 6) is -1.11. The van der Waals surface area contributed by atoms with Crippen LogP contribution in [0.3, 0.4) is 0 Å². The van der Waals surface area contributed by atoms with Gasteiger partial charge in [-0.1, -0.05) is 24.3 Å². The molecular formula is C26H21FN6O2. The number of hydrogen-bond acceptors (Lipinski definition) is 5. The third kappa shape index (κ3) is 4.22. The lowest BCUT2D eigenvalue weighted by molar-refractivity contribution is -0.121. The van der Waals surface area contributed by atoms with Crippen molar-refractivity contribution >= 4 is 28.4 Å². The second-order valence-electron chi connectivity index (χ2n) is 8.53. The number of nitrogens with zero attached hydrogens (tertiary/aromatic N) is 4. The molecule has 2 aromatic carbocycles. The fourth-order valence-electron chi connectivity index (χ4n) is 4.13. The third-order valence-electron chi connectivity index (χ3n) is 6.24. The van der Waals surface area contributed by atoms with Gasteiger partial charge >= 0.3 is 0 Å². The zero-order chi connectivity index (χ0) is 24.6. The first-order chi connectivity index (χ1) is 16.9. The Balaban J connectivity index is 1.53. The van der Waals surface area contributed by atoms with Crippen LogP contribution in [0, 0.1) is 17.1 Å². The summed E-state index contributed by atoms with van der Waals surface area (Å²) >= 11 is 0. The average molecular weight is 468 g/mol. The molecule has 9 heteroatoms. The predicted octanol–water partition coefficient (Wildman–Crippen LogP) is 3.79. The lowest BCUT2D eigenvalue weighted by atomic mass is 9.92. The van der Waals surface area contributed by atoms with Gasteiger partial charge in [0.2, 0.25) is 5.91 Å². The number of likely N-dealkylation sites (N-methyl/N-ethyl adjacent to an activating group) is 1. The fraction of sp³-hybridized carbons (Fsp3) is 0.192. The number of anilines is 1. The Morgan fingerprint density at radius 1 is 1.17 bits per heavy atom. The zero-order valence-electron chi connectivity index (χ0n) is 18.9. The highest BCUT2D eigenvalue weighted by atomic mass is 19.1. The minimum absolute atomic E-state index is 0.0188. The predicted molar refractivity (Wildman–Crippen MR) is 128 cm³/mol. The number of pyridine rings is 1. The number of nitrogens with one attached hydrogen (secondary N) is 2. The molecule has 1 fully saturated rings. The summed E-state index contributed by atoms with van der Waals surface area (Å²) in [5, 5.41) is 19.4. The number of rotatable bonds is 6. The van der Waals surface area contributed by atoms with Crippen molar-refractivity contribution < 1.29 is 14.0 Å². The normalized spacial score (nSPS) is 13.7. The standard InChI is InChI=1S/C26H21FN6O2/c1-29-23(34)14-33-13-19(11-31-33)32-25(35)21-12-30-22-7-6-18(27)10-20(22)24(21)16-2-4-17(5-3-16)26(15-28)8-9-26/h2-7,10-13H,8-9,14H2,1H3,(H,29,34)(H,32,35). The van der Waals surface area contributed by atoms with E-state index in [-0.39, 0.29) is 18.0 Å². The third-order valence-corrected chi connectivity index (χ3v) is 6.24. The molecule has 0 spiro atoms. The highest BCUT2D eigenvalue weighted by molar-refractivity contribution is 6.13. The second kappa shape index (κ2) is 8.65. The first kappa shape index (κ1) is 22.2. The zero-order valence-corrected chi connectivity index (χ0v) is 18.9. The van der Waals surface area contributed by atoms with Gasteiger partial charge in [-0.25, -0.2) is 4.39 Å². The minimum atomic E-state index is -0.446. The van der Waals surface area contributed by atoms with Crippen molar-refractivity contribution in [2.75, 3.05) is 12.4 Å². The Kier molecular flexibility index (Phi) is 5.49. The first-order valence-electron chi connectivity index (χ1n) is 11.1. The molecule has 2 heterocycles. The van der Waals surface area contributed by atoms with E-state index in [4.69, 9.17) is 0 Å². The van der Waals surface area contributed by atoms with Crippen LogP contribution in [0.2, 0.25) is 0 Å². The van der Waals surface area contributed by atoms with Crippen LogP contribution in [0.4, 0.5) is 10.1 Å². The highest BCUT2D eigenvalue weighted by Crippen LogP contribution is 2.48. The Hall–Kier alpha value is -4.58. The van der Waals surface area contributed by atoms with Crippen LogP contribution in [-0.4, -0.2) is 33.6 Å². The average Bonchev–Trinajstić information content (AvgIpc) is 3.56. The maximum absolute atomic E-state index is 14.2. The Morgan fingerprint density at radius 2 is 1.94 bits per heavy atom. The molecule has 2 aromatic heterocycles. The number of carbonyl (C=O) groups is 2. The lowest BCUT2D eigenvalue weighted by Gasteiger charge is -2.14. The lowest BCUT2D eigenvalue weighted by Crippen LogP contribution is -2.23. The molecular weight excluding hydrogens is 447 g/mol. The molecule has 0 bridgehead atoms. The molecule has 0 unspecified atom stereocenters. The summed E-state index contributed by atoms with van der Waals surface area (Å²) < 4.78 is 15.6. The van der Waals surface area contributed by atoms with Crippen molar-refractivity contribution in [1.29, 1.82) is 5.26 Å². The number of nitriles is 1. The largest absolute Gasteiger partial charge is 0.358 e. The van der Waals surface area contributed by atoms with Crippen LogP contribution in [0.5, 0.6) is 0 Å². The van der Waals surface area contributed by atoms with Crippen LogP contribution < -0.4 is 10.6 Å². The molecule has 174 valence electrons. The van der Waals surface area contributed by atoms with Gasteiger partial charge in [0.15, 0.2) is 0 Å². The maximum Gasteiger partial charge on any atom is 0.257 e. The fourth-order valence-corrected chi connectivity index (χ4v) is 4.13. The van der Waals surface area contributed by atoms with Crippen molar-refractivity contribution in [3.63, 3.8) is 0 Å². The SMILES string of the molecule is CNC(=O)Cn1cc(NC(=O)c2cnc3ccc(F)cc3c2-c2ccc(C3(C#N)CC3)cc2)cn1. The maximum atomic E-state index is 14.2. The number of halogens is 1. The molecule has 2 N–H and O–H groups in total. The van der Waals surface area contributed by atoms with Gasteiger partial charge in [0, 0.05) is 30.4 Å². The molecule has 2 amide bonds. The van der Waals surface area contributed by atoms with E-state index in [2.05, 4.69) is 26.8 Å². The van der Waals surface area contributed by atoms with Gasteiger partial charge in [-0.3, -0.25) is 19.3 Å². The summed E-state index contributed by atoms with van der Waals surface area (Å²) in [6.45, 7) is 0.0188. The molecule has 4 aromatic rings. The van der Waals surface area contributed by atoms with Crippen molar-refractivity contribution in [2.45, 2.75) is 24.8 Å². The number of carbonyl (C=O) groups excluding carboxylic acids is 2. The monoisotopic (exact) mass is 468 g/mol. The van der Waals surface area contributed by atoms with Gasteiger partial charge in [0.25, 0.3) is 5.91 Å². The molecule has 0 atom stereocenters. The quantitative estimate of drug-likeness (QED) is 0.447. The molecule has 0 aliphatic heterocycles. The summed E-state index contributed by atoms with van der Waals surface area (Å²) in [7, 11) is 1.53. The summed E-state index contributed by atoms with van der Waals surface area (Å²) in [4.78, 5) is 29.2. The highest BCUT2D eigenvalue weighted by Gasteiger charge is 2.44. The van der Waals surface area contributed by atoms with Crippen molar-refractivity contribution in [3.05, 3.63) is 78.0 Å². The number of benzene rings is 2. The van der Waals surface area contributed by atoms with Crippen molar-refractivity contribution in [2.24, 2.45) is 0 Å². The summed E-state index contributed by atoms with van der Waals surface area (Å²) in [6, 6.07) is 14.1. The molecule has 5 rings (SSSR count). The van der Waals surface area contributed by atoms with E-state index in [1.54, 1.807) is 12.3 Å². The Bertz CT molecular complexity index is 1500. The molecule has 1 saturated carbocycles. The van der Waals surface area contributed by atoms with E-state index in [0.29, 0.717) is 27.7 Å². The van der Waals surface area contributed by atoms with Gasteiger partial charge in [0.05, 0.1) is 34.4 Å². The molecule has 8 nitrogen and oxygen atoms in total. The molecule has 0 radical (unpaired) electrons. The van der Waals surface area contributed by atoms with Gasteiger partial charge in [-0.15, -0.1) is 0 Å². The van der Waals surface area contributed by atoms with Gasteiger partial charge in [-0.2, -0.15) is 10.4 Å². The van der Waals surface area contributed by atoms with Gasteiger partial charge in [-0.05, 0) is 42.2 Å². The van der Waals surface area contributed by atoms with Crippen molar-refractivity contribution in [3.8, 4) is 17.2 Å². The van der Waals surface area contributed by atoms with Crippen molar-refractivity contribution in [1.82, 2.24) is 20.1 Å². The van der Waals surface area contributed by atoms with E-state index in [1.165, 1.54) is 36.3 Å². The van der Waals surface area contributed by atoms with E-state index in [1.807, 2.05) is 24.3 Å². The smallest absolute Gasteiger partial charge is 0.257 e. The van der Waals surface area contributed by atoms with Crippen LogP contribution in [0.1, 0.15) is 28.8 Å². The van der Waals surface area contributed by atoms with E-state index in [9.17, 15) is 19.2 Å². The Morgan fingerprint density at radius 3 is 2.63 bits per heavy atom. The van der Waals surface area contributed by atoms with Crippen LogP contribution in [0.25, 0.3) is 22.0 Å². The van der Waals surface area contributed by atoms with Crippen LogP contribution in [0.15, 0.2) is 61.1 Å². The number of amides is 2. The number of aromatic nitrogens is 3. The number of hydrogen-bond donors (Lipinski definition) is 2. The molecule has 1 aliphatic carbocycles. The van der Waals surface area contributed by atoms with Crippen LogP contribution in [-0.2, 0) is 16.8 Å². The molecule has 35 heavy (non-hydrogen) atoms. The van der Waals surface area contributed by atoms with Gasteiger partial charge in [0.1, 0.15) is 12.4 Å². The number of fused-ring (bicyclic) bond motifs is 1. The summed E-state index contributed by atoms with van der Waals surface area (Å²) in [6.07, 6.45) is 6.11. The molecule has 0 saturated heterocycles. The van der Waals surface area contributed by atoms with Crippen LogP contribution >= 0.6 is 0 Å². The molecule has 1 aliphatic rings. The van der Waals surface area contributed by atoms with Gasteiger partial charge < -0.3 is 10.6 Å². The summed E-state index contributed by atoms with van der Waals surface area (Å²) in [5.41, 5.74) is 2.97. The second-order valence-corrected chi connectivity index (χ2v) is 8.53. The first-order valence-corrected chi connectivity index (χ1v) is 11.1.